The second kappa shape index (κ2) is 3.05. The molecule has 2 nitrogen and oxygen atoms in total. The van der Waals surface area contributed by atoms with Crippen LogP contribution < -0.4 is 0 Å². The quantitative estimate of drug-likeness (QED) is 0.669. The van der Waals surface area contributed by atoms with Crippen LogP contribution in [0.2, 0.25) is 0 Å². The third kappa shape index (κ3) is 1.84. The SMILES string of the molecule is Cc1c(C(C)C)cnn1C(F)(F)F. The maximum absolute atomic E-state index is 12.2. The number of nitrogens with zero attached hydrogens (tertiary/aromatic N) is 2. The first-order valence-electron chi connectivity index (χ1n) is 3.95. The van der Waals surface area contributed by atoms with E-state index in [0.29, 0.717) is 5.56 Å². The van der Waals surface area contributed by atoms with Gasteiger partial charge in [-0.25, -0.2) is 0 Å². The maximum Gasteiger partial charge on any atom is 0.504 e. The molecule has 0 aromatic carbocycles. The molecule has 0 saturated heterocycles. The Kier molecular flexibility index (Phi) is 2.36. The van der Waals surface area contributed by atoms with Crippen molar-refractivity contribution in [3.63, 3.8) is 0 Å². The summed E-state index contributed by atoms with van der Waals surface area (Å²) in [6.45, 7) is 5.10. The standard InChI is InChI=1S/C8H11F3N2/c1-5(2)7-4-12-13(6(7)3)8(9,10)11/h4-5H,1-3H3. The van der Waals surface area contributed by atoms with Gasteiger partial charge in [0.1, 0.15) is 0 Å². The maximum atomic E-state index is 12.2. The van der Waals surface area contributed by atoms with Crippen molar-refractivity contribution in [1.82, 2.24) is 9.78 Å². The largest absolute Gasteiger partial charge is 0.504 e. The Hall–Kier alpha value is -1.00. The zero-order valence-electron chi connectivity index (χ0n) is 7.68. The van der Waals surface area contributed by atoms with Crippen LogP contribution in [0.25, 0.3) is 0 Å². The zero-order chi connectivity index (χ0) is 10.2. The zero-order valence-corrected chi connectivity index (χ0v) is 7.68. The molecule has 1 aromatic rings. The molecule has 1 aromatic heterocycles. The van der Waals surface area contributed by atoms with Gasteiger partial charge in [0.15, 0.2) is 0 Å². The van der Waals surface area contributed by atoms with E-state index in [-0.39, 0.29) is 16.3 Å². The van der Waals surface area contributed by atoms with Crippen molar-refractivity contribution in [1.29, 1.82) is 0 Å². The number of hydrogen-bond acceptors (Lipinski definition) is 1. The average Bonchev–Trinajstić information content (AvgIpc) is 2.28. The molecule has 1 rings (SSSR count). The number of rotatable bonds is 1. The second-order valence-corrected chi connectivity index (χ2v) is 3.22. The predicted octanol–water partition coefficient (Wildman–Crippen LogP) is 2.79. The van der Waals surface area contributed by atoms with Gasteiger partial charge in [-0.2, -0.15) is 9.78 Å². The summed E-state index contributed by atoms with van der Waals surface area (Å²) in [5.41, 5.74) is 0.805. The van der Waals surface area contributed by atoms with E-state index in [9.17, 15) is 13.2 Å². The molecule has 0 atom stereocenters. The minimum atomic E-state index is -4.41. The molecular weight excluding hydrogens is 181 g/mol. The van der Waals surface area contributed by atoms with Gasteiger partial charge >= 0.3 is 6.30 Å². The van der Waals surface area contributed by atoms with E-state index in [1.165, 1.54) is 13.1 Å². The van der Waals surface area contributed by atoms with Crippen LogP contribution in [-0.4, -0.2) is 9.78 Å². The summed E-state index contributed by atoms with van der Waals surface area (Å²) in [7, 11) is 0. The van der Waals surface area contributed by atoms with Gasteiger partial charge < -0.3 is 0 Å². The van der Waals surface area contributed by atoms with Crippen LogP contribution in [0.15, 0.2) is 6.20 Å². The van der Waals surface area contributed by atoms with Gasteiger partial charge in [-0.05, 0) is 18.4 Å². The van der Waals surface area contributed by atoms with Gasteiger partial charge in [0.25, 0.3) is 0 Å². The van der Waals surface area contributed by atoms with Gasteiger partial charge in [-0.3, -0.25) is 0 Å². The van der Waals surface area contributed by atoms with Crippen molar-refractivity contribution in [2.45, 2.75) is 33.0 Å². The molecule has 13 heavy (non-hydrogen) atoms. The predicted molar refractivity (Wildman–Crippen MR) is 42.4 cm³/mol. The molecule has 0 radical (unpaired) electrons. The molecule has 0 bridgehead atoms. The number of halogens is 3. The summed E-state index contributed by atoms with van der Waals surface area (Å²) in [4.78, 5) is 0. The van der Waals surface area contributed by atoms with Crippen LogP contribution in [0.1, 0.15) is 31.0 Å². The molecule has 0 unspecified atom stereocenters. The van der Waals surface area contributed by atoms with Crippen LogP contribution >= 0.6 is 0 Å². The lowest BCUT2D eigenvalue weighted by molar-refractivity contribution is -0.213. The van der Waals surface area contributed by atoms with Crippen molar-refractivity contribution in [3.8, 4) is 0 Å². The Bertz CT molecular complexity index is 299. The summed E-state index contributed by atoms with van der Waals surface area (Å²) in [5, 5.41) is 3.30. The first kappa shape index (κ1) is 10.1. The average molecular weight is 192 g/mol. The topological polar surface area (TPSA) is 17.8 Å². The smallest absolute Gasteiger partial charge is 0.176 e. The second-order valence-electron chi connectivity index (χ2n) is 3.22. The molecule has 0 fully saturated rings. The fourth-order valence-electron chi connectivity index (χ4n) is 1.24. The highest BCUT2D eigenvalue weighted by Gasteiger charge is 2.34. The summed E-state index contributed by atoms with van der Waals surface area (Å²) >= 11 is 0. The number of alkyl halides is 3. The molecule has 0 spiro atoms. The number of hydrogen-bond donors (Lipinski definition) is 0. The fourth-order valence-corrected chi connectivity index (χ4v) is 1.24. The highest BCUT2D eigenvalue weighted by Crippen LogP contribution is 2.27. The molecule has 0 aliphatic heterocycles. The minimum absolute atomic E-state index is 0.0658. The lowest BCUT2D eigenvalue weighted by Gasteiger charge is -2.09. The Labute approximate surface area is 74.4 Å². The van der Waals surface area contributed by atoms with Crippen molar-refractivity contribution in [2.24, 2.45) is 0 Å². The number of aromatic nitrogens is 2. The summed E-state index contributed by atoms with van der Waals surface area (Å²) < 4.78 is 36.8. The Balaban J connectivity index is 3.14. The lowest BCUT2D eigenvalue weighted by atomic mass is 10.1. The van der Waals surface area contributed by atoms with E-state index < -0.39 is 6.30 Å². The summed E-state index contributed by atoms with van der Waals surface area (Å²) in [6, 6.07) is 0. The van der Waals surface area contributed by atoms with Crippen LogP contribution in [0.4, 0.5) is 13.2 Å². The van der Waals surface area contributed by atoms with Gasteiger partial charge in [0.05, 0.1) is 6.20 Å². The lowest BCUT2D eigenvalue weighted by Crippen LogP contribution is -2.19. The van der Waals surface area contributed by atoms with E-state index in [1.54, 1.807) is 0 Å². The molecule has 0 saturated carbocycles. The van der Waals surface area contributed by atoms with E-state index in [2.05, 4.69) is 5.10 Å². The van der Waals surface area contributed by atoms with Gasteiger partial charge in [0.2, 0.25) is 0 Å². The Morgan fingerprint density at radius 2 is 1.92 bits per heavy atom. The van der Waals surface area contributed by atoms with Crippen molar-refractivity contribution in [3.05, 3.63) is 17.5 Å². The van der Waals surface area contributed by atoms with Crippen LogP contribution in [0.5, 0.6) is 0 Å². The molecule has 0 aliphatic carbocycles. The normalized spacial score (nSPS) is 12.5. The summed E-state index contributed by atoms with van der Waals surface area (Å²) in [6.07, 6.45) is -3.13. The third-order valence-electron chi connectivity index (χ3n) is 1.91. The molecule has 0 amide bonds. The van der Waals surface area contributed by atoms with E-state index in [4.69, 9.17) is 0 Å². The van der Waals surface area contributed by atoms with Crippen LogP contribution in [0.3, 0.4) is 0 Å². The van der Waals surface area contributed by atoms with E-state index >= 15 is 0 Å². The monoisotopic (exact) mass is 192 g/mol. The highest BCUT2D eigenvalue weighted by atomic mass is 19.4. The van der Waals surface area contributed by atoms with Gasteiger partial charge in [-0.15, -0.1) is 13.2 Å². The Morgan fingerprint density at radius 3 is 2.15 bits per heavy atom. The Morgan fingerprint density at radius 1 is 1.38 bits per heavy atom. The van der Waals surface area contributed by atoms with E-state index in [1.807, 2.05) is 13.8 Å². The first-order chi connectivity index (χ1) is 5.84. The minimum Gasteiger partial charge on any atom is -0.176 e. The highest BCUT2D eigenvalue weighted by molar-refractivity contribution is 5.20. The van der Waals surface area contributed by atoms with Gasteiger partial charge in [0, 0.05) is 5.69 Å². The van der Waals surface area contributed by atoms with E-state index in [0.717, 1.165) is 0 Å². The molecular formula is C8H11F3N2. The molecule has 5 heteroatoms. The van der Waals surface area contributed by atoms with Crippen LogP contribution in [-0.2, 0) is 6.30 Å². The van der Waals surface area contributed by atoms with Crippen molar-refractivity contribution >= 4 is 0 Å². The van der Waals surface area contributed by atoms with Crippen LogP contribution in [0, 0.1) is 6.92 Å². The molecule has 74 valence electrons. The fraction of sp³-hybridized carbons (Fsp3) is 0.625. The van der Waals surface area contributed by atoms with Crippen molar-refractivity contribution in [2.75, 3.05) is 0 Å². The third-order valence-corrected chi connectivity index (χ3v) is 1.91. The first-order valence-corrected chi connectivity index (χ1v) is 3.95. The molecule has 0 aliphatic rings. The van der Waals surface area contributed by atoms with Crippen molar-refractivity contribution < 1.29 is 13.2 Å². The molecule has 1 heterocycles. The van der Waals surface area contributed by atoms with Gasteiger partial charge in [-0.1, -0.05) is 13.8 Å². The summed E-state index contributed by atoms with van der Waals surface area (Å²) in [5.74, 6) is 0.0658. The molecule has 0 N–H and O–H groups in total.